The number of benzene rings is 1. The summed E-state index contributed by atoms with van der Waals surface area (Å²) in [5.74, 6) is -0.749. The molecule has 6 N–H and O–H groups in total. The van der Waals surface area contributed by atoms with Crippen molar-refractivity contribution < 1.29 is 4.79 Å². The van der Waals surface area contributed by atoms with Gasteiger partial charge in [-0.3, -0.25) is 25.2 Å². The molecule has 16 heteroatoms. The van der Waals surface area contributed by atoms with Crippen LogP contribution in [-0.2, 0) is 0 Å². The van der Waals surface area contributed by atoms with Crippen molar-refractivity contribution in [2.45, 2.75) is 0 Å². The molecule has 1 aromatic carbocycles. The maximum atomic E-state index is 12.9. The first-order valence-electron chi connectivity index (χ1n) is 8.95. The van der Waals surface area contributed by atoms with Gasteiger partial charge in [0.05, 0.1) is 11.9 Å². The lowest BCUT2D eigenvalue weighted by atomic mass is 10.3. The summed E-state index contributed by atoms with van der Waals surface area (Å²) < 4.78 is 1.97. The average molecular weight is 448 g/mol. The minimum atomic E-state index is -0.971. The zero-order valence-corrected chi connectivity index (χ0v) is 16.3. The molecule has 0 atom stereocenters. The van der Waals surface area contributed by atoms with Crippen molar-refractivity contribution in [3.8, 4) is 17.7 Å². The smallest absolute Gasteiger partial charge is 0.351 e. The molecule has 0 aliphatic heterocycles. The number of hydrogen-bond donors (Lipinski definition) is 5. The van der Waals surface area contributed by atoms with E-state index in [2.05, 4.69) is 35.7 Å². The largest absolute Gasteiger partial charge is 0.352 e. The highest BCUT2D eigenvalue weighted by Crippen LogP contribution is 2.26. The van der Waals surface area contributed by atoms with Gasteiger partial charge in [-0.15, -0.1) is 10.2 Å². The maximum absolute atomic E-state index is 12.9. The number of aromatic nitrogens is 7. The van der Waals surface area contributed by atoms with Gasteiger partial charge in [0.25, 0.3) is 0 Å². The third-order valence-corrected chi connectivity index (χ3v) is 4.09. The predicted octanol–water partition coefficient (Wildman–Crippen LogP) is -0.0994. The average Bonchev–Trinajstić information content (AvgIpc) is 3.32. The van der Waals surface area contributed by atoms with Gasteiger partial charge in [-0.25, -0.2) is 19.1 Å². The second kappa shape index (κ2) is 8.27. The number of hydrogen-bond acceptors (Lipinski definition) is 9. The van der Waals surface area contributed by atoms with E-state index in [1.807, 2.05) is 11.1 Å². The van der Waals surface area contributed by atoms with Crippen molar-refractivity contribution in [1.29, 1.82) is 5.26 Å². The van der Waals surface area contributed by atoms with Crippen molar-refractivity contribution in [2.75, 3.05) is 5.32 Å². The molecule has 33 heavy (non-hydrogen) atoms. The second-order valence-electron chi connectivity index (χ2n) is 6.23. The molecular formula is C17H12N12O4. The van der Waals surface area contributed by atoms with Gasteiger partial charge >= 0.3 is 23.0 Å². The van der Waals surface area contributed by atoms with E-state index in [-0.39, 0.29) is 28.8 Å². The van der Waals surface area contributed by atoms with E-state index in [1.165, 1.54) is 0 Å². The van der Waals surface area contributed by atoms with Crippen LogP contribution < -0.4 is 28.0 Å². The number of nitrogens with zero attached hydrogens (tertiary/aromatic N) is 7. The van der Waals surface area contributed by atoms with E-state index in [0.29, 0.717) is 5.69 Å². The number of urea groups is 1. The fourth-order valence-electron chi connectivity index (χ4n) is 2.74. The summed E-state index contributed by atoms with van der Waals surface area (Å²) in [6.45, 7) is 0. The van der Waals surface area contributed by atoms with Crippen molar-refractivity contribution in [3.05, 3.63) is 73.4 Å². The molecule has 3 heterocycles. The molecule has 0 bridgehead atoms. The SMILES string of the molecule is N#Cc1cnn(-c2nc(=O)[nH]c(=O)[nH]2)c1N=Nc1c(NC(N)=O)[nH]n(-c2ccccc2)c1=O. The lowest BCUT2D eigenvalue weighted by Crippen LogP contribution is -2.27. The van der Waals surface area contributed by atoms with Crippen LogP contribution in [0.5, 0.6) is 0 Å². The third-order valence-electron chi connectivity index (χ3n) is 4.09. The molecule has 2 amide bonds. The van der Waals surface area contributed by atoms with Gasteiger partial charge in [-0.1, -0.05) is 18.2 Å². The number of para-hydroxylation sites is 1. The minimum Gasteiger partial charge on any atom is -0.351 e. The van der Waals surface area contributed by atoms with Crippen LogP contribution in [0.4, 0.5) is 22.1 Å². The normalized spacial score (nSPS) is 10.9. The highest BCUT2D eigenvalue weighted by Gasteiger charge is 2.19. The fraction of sp³-hybridized carbons (Fsp3) is 0. The summed E-state index contributed by atoms with van der Waals surface area (Å²) >= 11 is 0. The molecule has 164 valence electrons. The van der Waals surface area contributed by atoms with Crippen LogP contribution in [0.25, 0.3) is 11.6 Å². The number of rotatable bonds is 5. The Bertz CT molecular complexity index is 1570. The monoisotopic (exact) mass is 448 g/mol. The molecule has 4 rings (SSSR count). The first-order chi connectivity index (χ1) is 15.9. The van der Waals surface area contributed by atoms with Crippen LogP contribution in [-0.4, -0.2) is 40.5 Å². The summed E-state index contributed by atoms with van der Waals surface area (Å²) in [4.78, 5) is 55.1. The number of anilines is 1. The van der Waals surface area contributed by atoms with Crippen molar-refractivity contribution in [2.24, 2.45) is 16.0 Å². The van der Waals surface area contributed by atoms with E-state index in [4.69, 9.17) is 5.73 Å². The molecule has 0 unspecified atom stereocenters. The van der Waals surface area contributed by atoms with Gasteiger partial charge in [-0.05, 0) is 12.1 Å². The Morgan fingerprint density at radius 1 is 1.15 bits per heavy atom. The Labute approximate surface area is 181 Å². The number of nitrogens with two attached hydrogens (primary N) is 1. The number of primary amides is 1. The Morgan fingerprint density at radius 3 is 2.58 bits per heavy atom. The number of azo groups is 1. The predicted molar refractivity (Wildman–Crippen MR) is 111 cm³/mol. The minimum absolute atomic E-state index is 0.106. The lowest BCUT2D eigenvalue weighted by molar-refractivity contribution is 0.259. The maximum Gasteiger partial charge on any atom is 0.352 e. The summed E-state index contributed by atoms with van der Waals surface area (Å²) in [7, 11) is 0. The van der Waals surface area contributed by atoms with Crippen LogP contribution in [0.3, 0.4) is 0 Å². The van der Waals surface area contributed by atoms with Gasteiger partial charge in [0.15, 0.2) is 17.3 Å². The number of nitriles is 1. The van der Waals surface area contributed by atoms with Gasteiger partial charge in [0.2, 0.25) is 5.95 Å². The summed E-state index contributed by atoms with van der Waals surface area (Å²) in [6, 6.07) is 9.24. The molecule has 3 aromatic heterocycles. The molecular weight excluding hydrogens is 436 g/mol. The molecule has 16 nitrogen and oxygen atoms in total. The number of nitrogens with one attached hydrogen (secondary N) is 4. The number of carbonyl (C=O) groups is 1. The first kappa shape index (κ1) is 20.7. The molecule has 0 aliphatic carbocycles. The van der Waals surface area contributed by atoms with E-state index < -0.39 is 23.0 Å². The Morgan fingerprint density at radius 2 is 1.91 bits per heavy atom. The van der Waals surface area contributed by atoms with Gasteiger partial charge in [0, 0.05) is 0 Å². The Hall–Kier alpha value is -5.59. The fourth-order valence-corrected chi connectivity index (χ4v) is 2.74. The Kier molecular flexibility index (Phi) is 5.18. The summed E-state index contributed by atoms with van der Waals surface area (Å²) in [6.07, 6.45) is 1.09. The van der Waals surface area contributed by atoms with Crippen LogP contribution in [0, 0.1) is 11.3 Å². The zero-order valence-electron chi connectivity index (χ0n) is 16.3. The summed E-state index contributed by atoms with van der Waals surface area (Å²) in [5.41, 5.74) is 2.63. The van der Waals surface area contributed by atoms with Crippen molar-refractivity contribution >= 4 is 23.4 Å². The Balaban J connectivity index is 1.86. The van der Waals surface area contributed by atoms with Gasteiger partial charge < -0.3 is 5.73 Å². The summed E-state index contributed by atoms with van der Waals surface area (Å²) in [5, 5.41) is 25.9. The van der Waals surface area contributed by atoms with Crippen LogP contribution >= 0.6 is 0 Å². The van der Waals surface area contributed by atoms with Crippen molar-refractivity contribution in [1.82, 2.24) is 34.5 Å². The van der Waals surface area contributed by atoms with E-state index in [0.717, 1.165) is 15.6 Å². The molecule has 4 aromatic rings. The zero-order chi connectivity index (χ0) is 23.5. The van der Waals surface area contributed by atoms with Crippen LogP contribution in [0.15, 0.2) is 61.1 Å². The second-order valence-corrected chi connectivity index (χ2v) is 6.23. The number of carbonyl (C=O) groups excluding carboxylic acids is 1. The topological polar surface area (TPSA) is 238 Å². The highest BCUT2D eigenvalue weighted by molar-refractivity contribution is 5.89. The standard InChI is InChI=1S/C17H12N12O4/c18-6-8-7-20-29(15-22-16(32)24-17(33)23-15)12(8)26-25-10-11(21-14(19)31)27-28(13(10)30)9-4-2-1-3-5-9/h1-5,7,27H,(H3,19,21,31)(H2,22,23,24,32,33). The molecule has 0 aliphatic rings. The van der Waals surface area contributed by atoms with E-state index in [9.17, 15) is 24.4 Å². The first-order valence-corrected chi connectivity index (χ1v) is 8.95. The molecule has 0 fully saturated rings. The van der Waals surface area contributed by atoms with Crippen LogP contribution in [0.2, 0.25) is 0 Å². The molecule has 0 saturated heterocycles. The number of aromatic amines is 3. The van der Waals surface area contributed by atoms with Gasteiger partial charge in [-0.2, -0.15) is 20.0 Å². The molecule has 0 spiro atoms. The third kappa shape index (κ3) is 4.04. The van der Waals surface area contributed by atoms with Crippen LogP contribution in [0.1, 0.15) is 5.56 Å². The van der Waals surface area contributed by atoms with E-state index >= 15 is 0 Å². The van der Waals surface area contributed by atoms with Crippen molar-refractivity contribution in [3.63, 3.8) is 0 Å². The quantitative estimate of drug-likeness (QED) is 0.259. The number of amides is 2. The highest BCUT2D eigenvalue weighted by atomic mass is 16.2. The van der Waals surface area contributed by atoms with E-state index in [1.54, 1.807) is 30.3 Å². The lowest BCUT2D eigenvalue weighted by Gasteiger charge is -2.01. The molecule has 0 radical (unpaired) electrons. The van der Waals surface area contributed by atoms with Gasteiger partial charge in [0.1, 0.15) is 11.6 Å². The number of H-pyrrole nitrogens is 3. The molecule has 0 saturated carbocycles.